The Morgan fingerprint density at radius 3 is 2.43 bits per heavy atom. The second-order valence-electron chi connectivity index (χ2n) is 4.70. The van der Waals surface area contributed by atoms with Gasteiger partial charge in [-0.05, 0) is 64.7 Å². The number of benzene rings is 2. The molecule has 0 amide bonds. The predicted molar refractivity (Wildman–Crippen MR) is 86.1 cm³/mol. The largest absolute Gasteiger partial charge is 0.488 e. The van der Waals surface area contributed by atoms with Gasteiger partial charge in [-0.1, -0.05) is 17.7 Å². The third-order valence-electron chi connectivity index (χ3n) is 3.02. The highest BCUT2D eigenvalue weighted by atomic mass is 79.9. The van der Waals surface area contributed by atoms with Gasteiger partial charge in [0.25, 0.3) is 5.69 Å². The Balaban J connectivity index is 2.21. The van der Waals surface area contributed by atoms with Gasteiger partial charge in [0.2, 0.25) is 0 Å². The van der Waals surface area contributed by atoms with Crippen LogP contribution in [-0.2, 0) is 6.61 Å². The van der Waals surface area contributed by atoms with Gasteiger partial charge in [-0.15, -0.1) is 0 Å². The van der Waals surface area contributed by atoms with Gasteiger partial charge in [0.15, 0.2) is 0 Å². The lowest BCUT2D eigenvalue weighted by Gasteiger charge is -2.12. The van der Waals surface area contributed by atoms with E-state index in [4.69, 9.17) is 16.3 Å². The minimum Gasteiger partial charge on any atom is -0.488 e. The van der Waals surface area contributed by atoms with E-state index in [0.717, 1.165) is 22.4 Å². The van der Waals surface area contributed by atoms with E-state index in [0.29, 0.717) is 9.50 Å². The van der Waals surface area contributed by atoms with E-state index in [2.05, 4.69) is 15.9 Å². The predicted octanol–water partition coefficient (Wildman–Crippen LogP) is 5.21. The van der Waals surface area contributed by atoms with Crippen molar-refractivity contribution in [1.29, 1.82) is 0 Å². The summed E-state index contributed by atoms with van der Waals surface area (Å²) in [4.78, 5) is 10.5. The Kier molecular flexibility index (Phi) is 4.85. The molecular formula is C15H13BrClNO3. The minimum atomic E-state index is -0.424. The van der Waals surface area contributed by atoms with Crippen molar-refractivity contribution in [3.05, 3.63) is 66.6 Å². The highest BCUT2D eigenvalue weighted by Crippen LogP contribution is 2.29. The van der Waals surface area contributed by atoms with E-state index in [-0.39, 0.29) is 12.3 Å². The minimum absolute atomic E-state index is 0.0284. The van der Waals surface area contributed by atoms with Crippen molar-refractivity contribution in [2.45, 2.75) is 20.5 Å². The summed E-state index contributed by atoms with van der Waals surface area (Å²) in [5.41, 5.74) is 2.64. The highest BCUT2D eigenvalue weighted by molar-refractivity contribution is 9.10. The van der Waals surface area contributed by atoms with E-state index < -0.39 is 4.92 Å². The molecule has 0 atom stereocenters. The van der Waals surface area contributed by atoms with E-state index in [1.807, 2.05) is 26.0 Å². The van der Waals surface area contributed by atoms with Crippen molar-refractivity contribution in [2.24, 2.45) is 0 Å². The maximum atomic E-state index is 10.9. The number of halogens is 2. The number of nitrogens with zero attached hydrogens (tertiary/aromatic N) is 1. The molecule has 2 aromatic carbocycles. The monoisotopic (exact) mass is 369 g/mol. The van der Waals surface area contributed by atoms with E-state index in [1.54, 1.807) is 12.1 Å². The Hall–Kier alpha value is -1.59. The summed E-state index contributed by atoms with van der Waals surface area (Å²) in [6, 6.07) is 8.60. The first kappa shape index (κ1) is 15.8. The SMILES string of the molecule is Cc1cc(Cl)cc(C)c1OCc1ccc(Br)c([N+](=O)[O-])c1. The quantitative estimate of drug-likeness (QED) is 0.548. The standard InChI is InChI=1S/C15H13BrClNO3/c1-9-5-12(17)6-10(2)15(9)21-8-11-3-4-13(16)14(7-11)18(19)20/h3-7H,8H2,1-2H3. The molecule has 0 radical (unpaired) electrons. The summed E-state index contributed by atoms with van der Waals surface area (Å²) in [6.45, 7) is 4.09. The average Bonchev–Trinajstić information content (AvgIpc) is 2.38. The van der Waals surface area contributed by atoms with Gasteiger partial charge >= 0.3 is 0 Å². The fourth-order valence-corrected chi connectivity index (χ4v) is 2.79. The molecule has 0 fully saturated rings. The van der Waals surface area contributed by atoms with Crippen LogP contribution in [0.4, 0.5) is 5.69 Å². The van der Waals surface area contributed by atoms with Crippen LogP contribution in [0.25, 0.3) is 0 Å². The van der Waals surface area contributed by atoms with Crippen molar-refractivity contribution in [3.8, 4) is 5.75 Å². The number of aryl methyl sites for hydroxylation is 2. The molecule has 110 valence electrons. The Morgan fingerprint density at radius 2 is 1.86 bits per heavy atom. The van der Waals surface area contributed by atoms with Crippen LogP contribution in [0.5, 0.6) is 5.75 Å². The zero-order chi connectivity index (χ0) is 15.6. The first-order chi connectivity index (χ1) is 9.88. The number of nitro groups is 1. The number of nitro benzene ring substituents is 1. The zero-order valence-electron chi connectivity index (χ0n) is 11.5. The molecule has 4 nitrogen and oxygen atoms in total. The molecule has 0 saturated heterocycles. The molecule has 0 aliphatic heterocycles. The lowest BCUT2D eigenvalue weighted by molar-refractivity contribution is -0.385. The van der Waals surface area contributed by atoms with Crippen LogP contribution < -0.4 is 4.74 Å². The van der Waals surface area contributed by atoms with Gasteiger partial charge in [-0.25, -0.2) is 0 Å². The second-order valence-corrected chi connectivity index (χ2v) is 5.99. The van der Waals surface area contributed by atoms with Crippen LogP contribution in [0.1, 0.15) is 16.7 Å². The van der Waals surface area contributed by atoms with Gasteiger partial charge in [-0.2, -0.15) is 0 Å². The fourth-order valence-electron chi connectivity index (χ4n) is 2.07. The molecule has 0 saturated carbocycles. The summed E-state index contributed by atoms with van der Waals surface area (Å²) in [5, 5.41) is 11.6. The molecule has 2 aromatic rings. The van der Waals surface area contributed by atoms with E-state index >= 15 is 0 Å². The van der Waals surface area contributed by atoms with E-state index in [9.17, 15) is 10.1 Å². The third-order valence-corrected chi connectivity index (χ3v) is 3.90. The number of hydrogen-bond donors (Lipinski definition) is 0. The van der Waals surface area contributed by atoms with Gasteiger partial charge in [0.1, 0.15) is 12.4 Å². The maximum Gasteiger partial charge on any atom is 0.283 e. The molecule has 2 rings (SSSR count). The van der Waals surface area contributed by atoms with Crippen LogP contribution in [0.2, 0.25) is 5.02 Å². The molecule has 0 bridgehead atoms. The van der Waals surface area contributed by atoms with Gasteiger partial charge in [0.05, 0.1) is 9.40 Å². The smallest absolute Gasteiger partial charge is 0.283 e. The van der Waals surface area contributed by atoms with Gasteiger partial charge in [0, 0.05) is 11.1 Å². The van der Waals surface area contributed by atoms with E-state index in [1.165, 1.54) is 6.07 Å². The zero-order valence-corrected chi connectivity index (χ0v) is 13.9. The maximum absolute atomic E-state index is 10.9. The van der Waals surface area contributed by atoms with Crippen molar-refractivity contribution in [3.63, 3.8) is 0 Å². The molecule has 21 heavy (non-hydrogen) atoms. The Morgan fingerprint density at radius 1 is 1.24 bits per heavy atom. The average molecular weight is 371 g/mol. The van der Waals surface area contributed by atoms with Crippen LogP contribution in [0.15, 0.2) is 34.8 Å². The first-order valence-electron chi connectivity index (χ1n) is 6.21. The molecule has 0 unspecified atom stereocenters. The molecular weight excluding hydrogens is 358 g/mol. The summed E-state index contributed by atoms with van der Waals surface area (Å²) in [6.07, 6.45) is 0. The van der Waals surface area contributed by atoms with Crippen LogP contribution >= 0.6 is 27.5 Å². The summed E-state index contributed by atoms with van der Waals surface area (Å²) in [5.74, 6) is 0.755. The topological polar surface area (TPSA) is 52.4 Å². The second kappa shape index (κ2) is 6.45. The summed E-state index contributed by atoms with van der Waals surface area (Å²) in [7, 11) is 0. The van der Waals surface area contributed by atoms with Crippen molar-refractivity contribution in [1.82, 2.24) is 0 Å². The summed E-state index contributed by atoms with van der Waals surface area (Å²) < 4.78 is 6.24. The molecule has 0 aliphatic rings. The highest BCUT2D eigenvalue weighted by Gasteiger charge is 2.13. The van der Waals surface area contributed by atoms with Gasteiger partial charge in [-0.3, -0.25) is 10.1 Å². The van der Waals surface area contributed by atoms with Crippen molar-refractivity contribution in [2.75, 3.05) is 0 Å². The fraction of sp³-hybridized carbons (Fsp3) is 0.200. The van der Waals surface area contributed by atoms with Crippen molar-refractivity contribution >= 4 is 33.2 Å². The molecule has 0 spiro atoms. The van der Waals surface area contributed by atoms with Crippen LogP contribution in [0.3, 0.4) is 0 Å². The molecule has 0 N–H and O–H groups in total. The Bertz CT molecular complexity index is 680. The number of rotatable bonds is 4. The third kappa shape index (κ3) is 3.74. The van der Waals surface area contributed by atoms with Crippen LogP contribution in [-0.4, -0.2) is 4.92 Å². The normalized spacial score (nSPS) is 10.5. The molecule has 0 aromatic heterocycles. The molecule has 0 aliphatic carbocycles. The number of ether oxygens (including phenoxy) is 1. The molecule has 0 heterocycles. The lowest BCUT2D eigenvalue weighted by Crippen LogP contribution is -2.00. The molecule has 6 heteroatoms. The lowest BCUT2D eigenvalue weighted by atomic mass is 10.1. The van der Waals surface area contributed by atoms with Crippen molar-refractivity contribution < 1.29 is 9.66 Å². The van der Waals surface area contributed by atoms with Gasteiger partial charge < -0.3 is 4.74 Å². The number of hydrogen-bond acceptors (Lipinski definition) is 3. The first-order valence-corrected chi connectivity index (χ1v) is 7.38. The Labute approximate surface area is 136 Å². The summed E-state index contributed by atoms with van der Waals surface area (Å²) >= 11 is 9.14. The van der Waals surface area contributed by atoms with Crippen LogP contribution in [0, 0.1) is 24.0 Å².